The van der Waals surface area contributed by atoms with Crippen molar-refractivity contribution in [1.82, 2.24) is 9.78 Å². The molecule has 0 fully saturated rings. The van der Waals surface area contributed by atoms with Crippen molar-refractivity contribution in [2.75, 3.05) is 6.61 Å². The normalized spacial score (nSPS) is 10.3. The molecule has 0 saturated heterocycles. The van der Waals surface area contributed by atoms with Gasteiger partial charge in [0.25, 0.3) is 5.56 Å². The lowest BCUT2D eigenvalue weighted by molar-refractivity contribution is 0.0513. The van der Waals surface area contributed by atoms with Crippen LogP contribution in [0, 0.1) is 0 Å². The zero-order chi connectivity index (χ0) is 14.7. The number of carbonyl (C=O) groups is 1. The number of benzene rings is 1. The maximum absolute atomic E-state index is 12.1. The maximum atomic E-state index is 12.1. The molecule has 0 aliphatic heterocycles. The number of rotatable bonds is 3. The topological polar surface area (TPSA) is 81.4 Å². The molecule has 20 heavy (non-hydrogen) atoms. The smallest absolute Gasteiger partial charge is 0.362 e. The van der Waals surface area contributed by atoms with Gasteiger partial charge in [0.1, 0.15) is 0 Å². The minimum absolute atomic E-state index is 0.0335. The van der Waals surface area contributed by atoms with E-state index in [9.17, 15) is 14.7 Å². The van der Waals surface area contributed by atoms with Crippen LogP contribution in [0.25, 0.3) is 11.1 Å². The lowest BCUT2D eigenvalue weighted by Crippen LogP contribution is -2.25. The van der Waals surface area contributed by atoms with Crippen molar-refractivity contribution in [3.63, 3.8) is 0 Å². The van der Waals surface area contributed by atoms with Gasteiger partial charge in [0.2, 0.25) is 5.69 Å². The van der Waals surface area contributed by atoms with Gasteiger partial charge >= 0.3 is 5.97 Å². The van der Waals surface area contributed by atoms with Crippen LogP contribution in [-0.2, 0) is 11.8 Å². The minimum atomic E-state index is -0.766. The molecule has 0 saturated carbocycles. The molecule has 0 aliphatic carbocycles. The Morgan fingerprint density at radius 2 is 2.00 bits per heavy atom. The van der Waals surface area contributed by atoms with E-state index < -0.39 is 17.3 Å². The van der Waals surface area contributed by atoms with Gasteiger partial charge in [-0.25, -0.2) is 9.48 Å². The first-order valence-electron chi connectivity index (χ1n) is 6.09. The first-order chi connectivity index (χ1) is 9.56. The van der Waals surface area contributed by atoms with Gasteiger partial charge in [-0.2, -0.15) is 5.10 Å². The monoisotopic (exact) mass is 274 g/mol. The average molecular weight is 274 g/mol. The van der Waals surface area contributed by atoms with E-state index >= 15 is 0 Å². The highest BCUT2D eigenvalue weighted by Crippen LogP contribution is 2.27. The second-order valence-corrected chi connectivity index (χ2v) is 4.09. The summed E-state index contributed by atoms with van der Waals surface area (Å²) in [6, 6.07) is 8.60. The van der Waals surface area contributed by atoms with Gasteiger partial charge in [-0.05, 0) is 12.5 Å². The predicted octanol–water partition coefficient (Wildman–Crippen LogP) is 1.33. The molecular weight excluding hydrogens is 260 g/mol. The van der Waals surface area contributed by atoms with E-state index in [1.165, 1.54) is 7.05 Å². The fourth-order valence-corrected chi connectivity index (χ4v) is 1.83. The van der Waals surface area contributed by atoms with Crippen LogP contribution in [0.3, 0.4) is 0 Å². The zero-order valence-electron chi connectivity index (χ0n) is 11.2. The summed E-state index contributed by atoms with van der Waals surface area (Å²) in [7, 11) is 1.41. The first-order valence-corrected chi connectivity index (χ1v) is 6.09. The summed E-state index contributed by atoms with van der Waals surface area (Å²) in [4.78, 5) is 23.9. The Morgan fingerprint density at radius 3 is 2.60 bits per heavy atom. The third-order valence-electron chi connectivity index (χ3n) is 2.75. The van der Waals surface area contributed by atoms with Crippen LogP contribution >= 0.6 is 0 Å². The lowest BCUT2D eigenvalue weighted by atomic mass is 10.1. The van der Waals surface area contributed by atoms with Crippen LogP contribution in [0.5, 0.6) is 5.75 Å². The summed E-state index contributed by atoms with van der Waals surface area (Å²) >= 11 is 0. The van der Waals surface area contributed by atoms with E-state index in [1.807, 2.05) is 0 Å². The van der Waals surface area contributed by atoms with Crippen LogP contribution in [0.1, 0.15) is 17.4 Å². The fraction of sp³-hybridized carbons (Fsp3) is 0.214. The van der Waals surface area contributed by atoms with Crippen molar-refractivity contribution in [2.24, 2.45) is 7.05 Å². The number of carbonyl (C=O) groups excluding carboxylic acids is 1. The number of hydrogen-bond acceptors (Lipinski definition) is 5. The van der Waals surface area contributed by atoms with Gasteiger partial charge in [0.05, 0.1) is 12.2 Å². The van der Waals surface area contributed by atoms with Crippen LogP contribution in [-0.4, -0.2) is 27.5 Å². The molecule has 0 amide bonds. The molecule has 1 aromatic carbocycles. The molecule has 6 heteroatoms. The first kappa shape index (κ1) is 13.8. The molecule has 0 bridgehead atoms. The summed E-state index contributed by atoms with van der Waals surface area (Å²) in [5, 5.41) is 13.9. The second-order valence-electron chi connectivity index (χ2n) is 4.09. The third-order valence-corrected chi connectivity index (χ3v) is 2.75. The Labute approximate surface area is 115 Å². The summed E-state index contributed by atoms with van der Waals surface area (Å²) in [6.45, 7) is 1.80. The maximum Gasteiger partial charge on any atom is 0.362 e. The van der Waals surface area contributed by atoms with Crippen molar-refractivity contribution in [1.29, 1.82) is 0 Å². The molecule has 0 aliphatic rings. The van der Waals surface area contributed by atoms with Gasteiger partial charge in [-0.3, -0.25) is 4.79 Å². The third kappa shape index (κ3) is 2.40. The standard InChI is InChI=1S/C14H14N2O4/c1-3-20-14(19)11-12(17)10(13(18)16(2)15-11)9-7-5-4-6-8-9/h4-8,17H,3H2,1-2H3. The van der Waals surface area contributed by atoms with Gasteiger partial charge in [0, 0.05) is 7.05 Å². The molecule has 2 aromatic rings. The van der Waals surface area contributed by atoms with E-state index in [0.717, 1.165) is 4.68 Å². The number of ether oxygens (including phenoxy) is 1. The zero-order valence-corrected chi connectivity index (χ0v) is 11.2. The van der Waals surface area contributed by atoms with Crippen molar-refractivity contribution in [3.8, 4) is 16.9 Å². The Kier molecular flexibility index (Phi) is 3.84. The van der Waals surface area contributed by atoms with Gasteiger partial charge in [-0.15, -0.1) is 0 Å². The Hall–Kier alpha value is -2.63. The van der Waals surface area contributed by atoms with Gasteiger partial charge in [0.15, 0.2) is 5.75 Å². The van der Waals surface area contributed by atoms with Crippen molar-refractivity contribution < 1.29 is 14.6 Å². The van der Waals surface area contributed by atoms with Crippen LogP contribution in [0.4, 0.5) is 0 Å². The molecule has 2 rings (SSSR count). The number of aryl methyl sites for hydroxylation is 1. The van der Waals surface area contributed by atoms with E-state index in [-0.39, 0.29) is 17.9 Å². The molecule has 0 atom stereocenters. The fourth-order valence-electron chi connectivity index (χ4n) is 1.83. The molecule has 1 N–H and O–H groups in total. The van der Waals surface area contributed by atoms with E-state index in [4.69, 9.17) is 4.74 Å². The average Bonchev–Trinajstić information content (AvgIpc) is 2.44. The largest absolute Gasteiger partial charge is 0.505 e. The van der Waals surface area contributed by atoms with Gasteiger partial charge in [-0.1, -0.05) is 30.3 Å². The molecule has 6 nitrogen and oxygen atoms in total. The van der Waals surface area contributed by atoms with Crippen molar-refractivity contribution in [2.45, 2.75) is 6.92 Å². The Morgan fingerprint density at radius 1 is 1.35 bits per heavy atom. The quantitative estimate of drug-likeness (QED) is 0.854. The van der Waals surface area contributed by atoms with Crippen molar-refractivity contribution in [3.05, 3.63) is 46.4 Å². The number of esters is 1. The van der Waals surface area contributed by atoms with Crippen LogP contribution in [0.2, 0.25) is 0 Å². The highest BCUT2D eigenvalue weighted by molar-refractivity contribution is 5.92. The Balaban J connectivity index is 2.69. The molecular formula is C14H14N2O4. The molecule has 1 heterocycles. The number of aromatic hydroxyl groups is 1. The highest BCUT2D eigenvalue weighted by atomic mass is 16.5. The van der Waals surface area contributed by atoms with Gasteiger partial charge < -0.3 is 9.84 Å². The SMILES string of the molecule is CCOC(=O)c1nn(C)c(=O)c(-c2ccccc2)c1O. The summed E-state index contributed by atoms with van der Waals surface area (Å²) < 4.78 is 5.83. The van der Waals surface area contributed by atoms with E-state index in [1.54, 1.807) is 37.3 Å². The summed E-state index contributed by atoms with van der Waals surface area (Å²) in [5.74, 6) is -1.23. The molecule has 104 valence electrons. The number of aromatic nitrogens is 2. The number of nitrogens with zero attached hydrogens (tertiary/aromatic N) is 2. The lowest BCUT2D eigenvalue weighted by Gasteiger charge is -2.10. The molecule has 1 aromatic heterocycles. The minimum Gasteiger partial charge on any atom is -0.505 e. The summed E-state index contributed by atoms with van der Waals surface area (Å²) in [5.41, 5.74) is -0.209. The van der Waals surface area contributed by atoms with E-state index in [2.05, 4.69) is 5.10 Å². The van der Waals surface area contributed by atoms with Crippen LogP contribution < -0.4 is 5.56 Å². The molecule has 0 radical (unpaired) electrons. The summed E-state index contributed by atoms with van der Waals surface area (Å²) in [6.07, 6.45) is 0. The highest BCUT2D eigenvalue weighted by Gasteiger charge is 2.22. The predicted molar refractivity (Wildman–Crippen MR) is 72.5 cm³/mol. The second kappa shape index (κ2) is 5.56. The van der Waals surface area contributed by atoms with Crippen molar-refractivity contribution >= 4 is 5.97 Å². The van der Waals surface area contributed by atoms with E-state index in [0.29, 0.717) is 5.56 Å². The molecule has 0 unspecified atom stereocenters. The Bertz CT molecular complexity index is 692. The number of hydrogen-bond donors (Lipinski definition) is 1. The van der Waals surface area contributed by atoms with Crippen LogP contribution in [0.15, 0.2) is 35.1 Å². The molecule has 0 spiro atoms.